The third-order valence-corrected chi connectivity index (χ3v) is 4.35. The Labute approximate surface area is 124 Å². The molecule has 0 saturated carbocycles. The van der Waals surface area contributed by atoms with Crippen LogP contribution in [0.3, 0.4) is 0 Å². The fraction of sp³-hybridized carbons (Fsp3) is 0.278. The number of carbonyl (C=O) groups is 1. The Morgan fingerprint density at radius 2 is 1.71 bits per heavy atom. The molecule has 0 N–H and O–H groups in total. The minimum atomic E-state index is 0.131. The number of hydrogen-bond donors (Lipinski definition) is 0. The summed E-state index contributed by atoms with van der Waals surface area (Å²) < 4.78 is 5.34. The van der Waals surface area contributed by atoms with Crippen molar-refractivity contribution in [3.63, 3.8) is 0 Å². The molecule has 0 unspecified atom stereocenters. The molecule has 0 bridgehead atoms. The summed E-state index contributed by atoms with van der Waals surface area (Å²) in [7, 11) is 0. The monoisotopic (exact) mass is 279 g/mol. The first-order valence-electron chi connectivity index (χ1n) is 7.42. The quantitative estimate of drug-likeness (QED) is 0.685. The molecule has 0 radical (unpaired) electrons. The van der Waals surface area contributed by atoms with Crippen molar-refractivity contribution in [1.82, 2.24) is 4.90 Å². The maximum Gasteiger partial charge on any atom is 0.254 e. The lowest BCUT2D eigenvalue weighted by molar-refractivity contribution is 0.0303. The Kier molecular flexibility index (Phi) is 3.00. The summed E-state index contributed by atoms with van der Waals surface area (Å²) in [5, 5.41) is 0. The summed E-state index contributed by atoms with van der Waals surface area (Å²) in [6.07, 6.45) is 0.926. The summed E-state index contributed by atoms with van der Waals surface area (Å²) in [5.74, 6) is 0.131. The lowest BCUT2D eigenvalue weighted by atomic mass is 9.98. The summed E-state index contributed by atoms with van der Waals surface area (Å²) >= 11 is 0. The van der Waals surface area contributed by atoms with Crippen molar-refractivity contribution in [2.75, 3.05) is 26.3 Å². The van der Waals surface area contributed by atoms with Crippen LogP contribution in [0.15, 0.2) is 42.5 Å². The van der Waals surface area contributed by atoms with Crippen molar-refractivity contribution >= 4 is 5.91 Å². The van der Waals surface area contributed by atoms with Crippen LogP contribution in [0.5, 0.6) is 0 Å². The Morgan fingerprint density at radius 3 is 2.57 bits per heavy atom. The van der Waals surface area contributed by atoms with E-state index in [9.17, 15) is 4.79 Å². The number of fused-ring (bicyclic) bond motifs is 3. The van der Waals surface area contributed by atoms with Crippen LogP contribution in [0.4, 0.5) is 0 Å². The van der Waals surface area contributed by atoms with Gasteiger partial charge >= 0.3 is 0 Å². The number of morpholine rings is 1. The van der Waals surface area contributed by atoms with E-state index in [1.165, 1.54) is 16.7 Å². The molecule has 1 saturated heterocycles. The molecule has 2 aromatic rings. The van der Waals surface area contributed by atoms with E-state index < -0.39 is 0 Å². The number of amides is 1. The Hall–Kier alpha value is -2.13. The Balaban J connectivity index is 1.79. The van der Waals surface area contributed by atoms with Gasteiger partial charge in [0.15, 0.2) is 0 Å². The molecule has 0 spiro atoms. The van der Waals surface area contributed by atoms with Crippen LogP contribution in [0.1, 0.15) is 21.5 Å². The van der Waals surface area contributed by atoms with Crippen LogP contribution in [-0.4, -0.2) is 37.1 Å². The Bertz CT molecular complexity index is 702. The molecular weight excluding hydrogens is 262 g/mol. The first-order valence-corrected chi connectivity index (χ1v) is 7.42. The number of nitrogens with zero attached hydrogens (tertiary/aromatic N) is 1. The SMILES string of the molecule is O=C(c1cccc2c1-c1ccccc1C2)N1CCOCC1. The van der Waals surface area contributed by atoms with Gasteiger partial charge in [-0.05, 0) is 34.7 Å². The van der Waals surface area contributed by atoms with E-state index in [0.29, 0.717) is 26.3 Å². The molecule has 3 heteroatoms. The average Bonchev–Trinajstić information content (AvgIpc) is 2.93. The van der Waals surface area contributed by atoms with Crippen molar-refractivity contribution < 1.29 is 9.53 Å². The standard InChI is InChI=1S/C18H17NO2/c20-18(19-8-10-21-11-9-19)16-7-3-5-14-12-13-4-1-2-6-15(13)17(14)16/h1-7H,8-12H2. The summed E-state index contributed by atoms with van der Waals surface area (Å²) in [5.41, 5.74) is 5.75. The smallest absolute Gasteiger partial charge is 0.254 e. The van der Waals surface area contributed by atoms with Crippen LogP contribution in [0.25, 0.3) is 11.1 Å². The molecule has 0 atom stereocenters. The van der Waals surface area contributed by atoms with Crippen molar-refractivity contribution in [3.8, 4) is 11.1 Å². The number of rotatable bonds is 1. The van der Waals surface area contributed by atoms with E-state index in [1.807, 2.05) is 23.1 Å². The first-order chi connectivity index (χ1) is 10.3. The van der Waals surface area contributed by atoms with E-state index in [4.69, 9.17) is 4.74 Å². The van der Waals surface area contributed by atoms with Gasteiger partial charge in [-0.3, -0.25) is 4.79 Å². The largest absolute Gasteiger partial charge is 0.378 e. The average molecular weight is 279 g/mol. The molecule has 2 aromatic carbocycles. The first kappa shape index (κ1) is 12.6. The fourth-order valence-corrected chi connectivity index (χ4v) is 3.30. The normalized spacial score (nSPS) is 16.5. The van der Waals surface area contributed by atoms with Crippen LogP contribution in [0.2, 0.25) is 0 Å². The zero-order chi connectivity index (χ0) is 14.2. The summed E-state index contributed by atoms with van der Waals surface area (Å²) in [6, 6.07) is 14.5. The maximum absolute atomic E-state index is 12.8. The minimum Gasteiger partial charge on any atom is -0.378 e. The van der Waals surface area contributed by atoms with Crippen LogP contribution < -0.4 is 0 Å². The van der Waals surface area contributed by atoms with Crippen molar-refractivity contribution in [2.45, 2.75) is 6.42 Å². The van der Waals surface area contributed by atoms with E-state index in [-0.39, 0.29) is 5.91 Å². The second kappa shape index (κ2) is 5.01. The zero-order valence-corrected chi connectivity index (χ0v) is 11.8. The topological polar surface area (TPSA) is 29.5 Å². The maximum atomic E-state index is 12.8. The van der Waals surface area contributed by atoms with Crippen molar-refractivity contribution in [3.05, 3.63) is 59.2 Å². The number of benzene rings is 2. The molecule has 0 aromatic heterocycles. The van der Waals surface area contributed by atoms with Crippen LogP contribution in [0, 0.1) is 0 Å². The van der Waals surface area contributed by atoms with E-state index in [1.54, 1.807) is 0 Å². The van der Waals surface area contributed by atoms with Gasteiger partial charge in [0.1, 0.15) is 0 Å². The number of hydrogen-bond acceptors (Lipinski definition) is 2. The highest BCUT2D eigenvalue weighted by Gasteiger charge is 2.26. The minimum absolute atomic E-state index is 0.131. The van der Waals surface area contributed by atoms with E-state index in [0.717, 1.165) is 17.5 Å². The van der Waals surface area contributed by atoms with Crippen molar-refractivity contribution in [1.29, 1.82) is 0 Å². The summed E-state index contributed by atoms with van der Waals surface area (Å²) in [6.45, 7) is 2.64. The molecule has 4 rings (SSSR count). The third kappa shape index (κ3) is 2.05. The molecule has 1 amide bonds. The Morgan fingerprint density at radius 1 is 0.952 bits per heavy atom. The molecule has 2 aliphatic rings. The number of ether oxygens (including phenoxy) is 1. The molecule has 1 heterocycles. The van der Waals surface area contributed by atoms with Crippen LogP contribution in [-0.2, 0) is 11.2 Å². The van der Waals surface area contributed by atoms with Crippen LogP contribution >= 0.6 is 0 Å². The molecule has 1 aliphatic heterocycles. The highest BCUT2D eigenvalue weighted by atomic mass is 16.5. The lowest BCUT2D eigenvalue weighted by Gasteiger charge is -2.27. The zero-order valence-electron chi connectivity index (χ0n) is 11.8. The van der Waals surface area contributed by atoms with Gasteiger partial charge in [-0.1, -0.05) is 36.4 Å². The lowest BCUT2D eigenvalue weighted by Crippen LogP contribution is -2.40. The summed E-state index contributed by atoms with van der Waals surface area (Å²) in [4.78, 5) is 14.7. The van der Waals surface area contributed by atoms with Gasteiger partial charge in [0.2, 0.25) is 0 Å². The highest BCUT2D eigenvalue weighted by Crippen LogP contribution is 2.39. The van der Waals surface area contributed by atoms with Crippen molar-refractivity contribution in [2.24, 2.45) is 0 Å². The highest BCUT2D eigenvalue weighted by molar-refractivity contribution is 6.03. The van der Waals surface area contributed by atoms with Gasteiger partial charge in [0, 0.05) is 18.7 Å². The van der Waals surface area contributed by atoms with E-state index >= 15 is 0 Å². The van der Waals surface area contributed by atoms with Gasteiger partial charge in [0.05, 0.1) is 13.2 Å². The molecule has 1 fully saturated rings. The number of carbonyl (C=O) groups excluding carboxylic acids is 1. The molecule has 3 nitrogen and oxygen atoms in total. The van der Waals surface area contributed by atoms with Gasteiger partial charge in [0.25, 0.3) is 5.91 Å². The second-order valence-electron chi connectivity index (χ2n) is 5.58. The molecular formula is C18H17NO2. The van der Waals surface area contributed by atoms with Gasteiger partial charge in [-0.2, -0.15) is 0 Å². The molecule has 106 valence electrons. The predicted octanol–water partition coefficient (Wildman–Crippen LogP) is 2.73. The van der Waals surface area contributed by atoms with Gasteiger partial charge in [-0.15, -0.1) is 0 Å². The second-order valence-corrected chi connectivity index (χ2v) is 5.58. The molecule has 21 heavy (non-hydrogen) atoms. The van der Waals surface area contributed by atoms with Gasteiger partial charge < -0.3 is 9.64 Å². The predicted molar refractivity (Wildman–Crippen MR) is 81.4 cm³/mol. The van der Waals surface area contributed by atoms with E-state index in [2.05, 4.69) is 24.3 Å². The third-order valence-electron chi connectivity index (χ3n) is 4.35. The fourth-order valence-electron chi connectivity index (χ4n) is 3.30. The van der Waals surface area contributed by atoms with Gasteiger partial charge in [-0.25, -0.2) is 0 Å². The molecule has 1 aliphatic carbocycles.